The molecular weight excluding hydrogens is 238 g/mol. The summed E-state index contributed by atoms with van der Waals surface area (Å²) in [6.07, 6.45) is 12.4. The summed E-state index contributed by atoms with van der Waals surface area (Å²) in [5.41, 5.74) is 0. The molecule has 1 aliphatic rings. The van der Waals surface area contributed by atoms with E-state index in [1.165, 1.54) is 19.3 Å². The van der Waals surface area contributed by atoms with Crippen LogP contribution in [0, 0.1) is 0 Å². The molecule has 2 aromatic rings. The van der Waals surface area contributed by atoms with Crippen molar-refractivity contribution in [3.05, 3.63) is 42.9 Å². The van der Waals surface area contributed by atoms with Crippen molar-refractivity contribution in [2.45, 2.75) is 50.7 Å². The highest BCUT2D eigenvalue weighted by molar-refractivity contribution is 5.05. The van der Waals surface area contributed by atoms with Crippen molar-refractivity contribution in [1.82, 2.24) is 14.9 Å². The standard InChI is InChI=1S/C15H21N3O/c1-2-12(15-7-4-10-19-15)17-13-5-3-6-14(13)18-9-8-16-11-18/h4,7-14,17H,2-3,5-6H2,1H3. The molecule has 3 rings (SSSR count). The third-order valence-corrected chi connectivity index (χ3v) is 4.10. The first kappa shape index (κ1) is 12.5. The first-order chi connectivity index (χ1) is 9.38. The number of imidazole rings is 1. The first-order valence-corrected chi connectivity index (χ1v) is 7.15. The number of rotatable bonds is 5. The molecule has 1 N–H and O–H groups in total. The van der Waals surface area contributed by atoms with Gasteiger partial charge in [0.1, 0.15) is 5.76 Å². The van der Waals surface area contributed by atoms with E-state index >= 15 is 0 Å². The van der Waals surface area contributed by atoms with Crippen molar-refractivity contribution < 1.29 is 4.42 Å². The van der Waals surface area contributed by atoms with Crippen molar-refractivity contribution in [2.75, 3.05) is 0 Å². The molecule has 0 radical (unpaired) electrons. The van der Waals surface area contributed by atoms with Crippen molar-refractivity contribution in [3.8, 4) is 0 Å². The number of nitrogens with one attached hydrogen (secondary N) is 1. The van der Waals surface area contributed by atoms with Crippen molar-refractivity contribution in [3.63, 3.8) is 0 Å². The van der Waals surface area contributed by atoms with Gasteiger partial charge in [0.05, 0.1) is 18.6 Å². The number of aromatic nitrogens is 2. The predicted octanol–water partition coefficient (Wildman–Crippen LogP) is 3.31. The normalized spacial score (nSPS) is 24.7. The van der Waals surface area contributed by atoms with E-state index < -0.39 is 0 Å². The second kappa shape index (κ2) is 5.61. The molecule has 0 bridgehead atoms. The number of hydrogen-bond acceptors (Lipinski definition) is 3. The average molecular weight is 259 g/mol. The van der Waals surface area contributed by atoms with Gasteiger partial charge >= 0.3 is 0 Å². The van der Waals surface area contributed by atoms with Crippen LogP contribution in [0.4, 0.5) is 0 Å². The van der Waals surface area contributed by atoms with Crippen LogP contribution >= 0.6 is 0 Å². The summed E-state index contributed by atoms with van der Waals surface area (Å²) in [6.45, 7) is 2.20. The molecule has 3 unspecified atom stereocenters. The monoisotopic (exact) mass is 259 g/mol. The maximum Gasteiger partial charge on any atom is 0.120 e. The van der Waals surface area contributed by atoms with Gasteiger partial charge in [-0.05, 0) is 37.8 Å². The molecule has 19 heavy (non-hydrogen) atoms. The summed E-state index contributed by atoms with van der Waals surface area (Å²) >= 11 is 0. The lowest BCUT2D eigenvalue weighted by atomic mass is 10.1. The zero-order chi connectivity index (χ0) is 13.1. The van der Waals surface area contributed by atoms with Crippen LogP contribution < -0.4 is 5.32 Å². The fourth-order valence-electron chi connectivity index (χ4n) is 3.11. The Kier molecular flexibility index (Phi) is 3.69. The molecule has 4 nitrogen and oxygen atoms in total. The molecule has 0 saturated heterocycles. The van der Waals surface area contributed by atoms with Crippen molar-refractivity contribution in [1.29, 1.82) is 0 Å². The van der Waals surface area contributed by atoms with Crippen LogP contribution in [0.2, 0.25) is 0 Å². The van der Waals surface area contributed by atoms with Gasteiger partial charge in [0.2, 0.25) is 0 Å². The summed E-state index contributed by atoms with van der Waals surface area (Å²) in [6, 6.07) is 5.35. The van der Waals surface area contributed by atoms with Gasteiger partial charge in [-0.1, -0.05) is 6.92 Å². The van der Waals surface area contributed by atoms with Gasteiger partial charge in [0.15, 0.2) is 0 Å². The van der Waals surface area contributed by atoms with Crippen LogP contribution in [0.5, 0.6) is 0 Å². The molecule has 2 aromatic heterocycles. The zero-order valence-electron chi connectivity index (χ0n) is 11.3. The Balaban J connectivity index is 1.71. The van der Waals surface area contributed by atoms with E-state index in [2.05, 4.69) is 34.1 Å². The lowest BCUT2D eigenvalue weighted by molar-refractivity contribution is 0.318. The summed E-state index contributed by atoms with van der Waals surface area (Å²) in [4.78, 5) is 4.17. The number of hydrogen-bond donors (Lipinski definition) is 1. The number of furan rings is 1. The Labute approximate surface area is 113 Å². The van der Waals surface area contributed by atoms with E-state index in [1.807, 2.05) is 18.6 Å². The fraction of sp³-hybridized carbons (Fsp3) is 0.533. The van der Waals surface area contributed by atoms with Crippen molar-refractivity contribution in [2.24, 2.45) is 0 Å². The van der Waals surface area contributed by atoms with Gasteiger partial charge in [-0.3, -0.25) is 0 Å². The van der Waals surface area contributed by atoms with Gasteiger partial charge in [-0.2, -0.15) is 0 Å². The third-order valence-electron chi connectivity index (χ3n) is 4.10. The summed E-state index contributed by atoms with van der Waals surface area (Å²) in [5.74, 6) is 1.04. The van der Waals surface area contributed by atoms with E-state index in [0.29, 0.717) is 18.1 Å². The molecule has 0 aliphatic heterocycles. The van der Waals surface area contributed by atoms with E-state index in [9.17, 15) is 0 Å². The highest BCUT2D eigenvalue weighted by Crippen LogP contribution is 2.32. The third kappa shape index (κ3) is 2.59. The summed E-state index contributed by atoms with van der Waals surface area (Å²) in [7, 11) is 0. The van der Waals surface area contributed by atoms with E-state index in [-0.39, 0.29) is 0 Å². The van der Waals surface area contributed by atoms with E-state index in [4.69, 9.17) is 4.42 Å². The Morgan fingerprint density at radius 1 is 1.53 bits per heavy atom. The molecule has 0 aromatic carbocycles. The molecule has 0 spiro atoms. The Bertz CT molecular complexity index is 477. The minimum Gasteiger partial charge on any atom is -0.468 e. The molecule has 3 atom stereocenters. The molecule has 1 fully saturated rings. The van der Waals surface area contributed by atoms with Crippen LogP contribution in [0.3, 0.4) is 0 Å². The molecular formula is C15H21N3O. The molecule has 1 saturated carbocycles. The fourth-order valence-corrected chi connectivity index (χ4v) is 3.11. The van der Waals surface area contributed by atoms with Gasteiger partial charge in [0, 0.05) is 24.5 Å². The summed E-state index contributed by atoms with van der Waals surface area (Å²) < 4.78 is 7.78. The molecule has 4 heteroatoms. The average Bonchev–Trinajstić information content (AvgIpc) is 3.15. The second-order valence-corrected chi connectivity index (χ2v) is 5.26. The van der Waals surface area contributed by atoms with Gasteiger partial charge in [0.25, 0.3) is 0 Å². The largest absolute Gasteiger partial charge is 0.468 e. The molecule has 1 aliphatic carbocycles. The van der Waals surface area contributed by atoms with E-state index in [1.54, 1.807) is 6.26 Å². The van der Waals surface area contributed by atoms with Crippen LogP contribution in [0.15, 0.2) is 41.5 Å². The predicted molar refractivity (Wildman–Crippen MR) is 73.8 cm³/mol. The lowest BCUT2D eigenvalue weighted by Crippen LogP contribution is -2.36. The highest BCUT2D eigenvalue weighted by atomic mass is 16.3. The summed E-state index contributed by atoms with van der Waals surface area (Å²) in [5, 5.41) is 3.76. The smallest absolute Gasteiger partial charge is 0.120 e. The highest BCUT2D eigenvalue weighted by Gasteiger charge is 2.30. The maximum absolute atomic E-state index is 5.54. The van der Waals surface area contributed by atoms with E-state index in [0.717, 1.165) is 12.2 Å². The first-order valence-electron chi connectivity index (χ1n) is 7.15. The Morgan fingerprint density at radius 3 is 3.16 bits per heavy atom. The zero-order valence-corrected chi connectivity index (χ0v) is 11.3. The second-order valence-electron chi connectivity index (χ2n) is 5.26. The molecule has 2 heterocycles. The van der Waals surface area contributed by atoms with Gasteiger partial charge in [-0.15, -0.1) is 0 Å². The number of nitrogens with zero attached hydrogens (tertiary/aromatic N) is 2. The quantitative estimate of drug-likeness (QED) is 0.895. The van der Waals surface area contributed by atoms with Crippen LogP contribution in [-0.2, 0) is 0 Å². The van der Waals surface area contributed by atoms with Gasteiger partial charge in [-0.25, -0.2) is 4.98 Å². The van der Waals surface area contributed by atoms with Crippen LogP contribution in [0.1, 0.15) is 50.5 Å². The molecule has 0 amide bonds. The molecule has 102 valence electrons. The lowest BCUT2D eigenvalue weighted by Gasteiger charge is -2.26. The Hall–Kier alpha value is -1.55. The van der Waals surface area contributed by atoms with Crippen molar-refractivity contribution >= 4 is 0 Å². The maximum atomic E-state index is 5.54. The SMILES string of the molecule is CCC(NC1CCCC1n1ccnc1)c1ccco1. The van der Waals surface area contributed by atoms with Crippen LogP contribution in [0.25, 0.3) is 0 Å². The Morgan fingerprint density at radius 2 is 2.47 bits per heavy atom. The van der Waals surface area contributed by atoms with Crippen LogP contribution in [-0.4, -0.2) is 15.6 Å². The topological polar surface area (TPSA) is 43.0 Å². The van der Waals surface area contributed by atoms with Gasteiger partial charge < -0.3 is 14.3 Å². The minimum atomic E-state index is 0.309. The minimum absolute atomic E-state index is 0.309.